The summed E-state index contributed by atoms with van der Waals surface area (Å²) in [5.74, 6) is -1.35. The lowest BCUT2D eigenvalue weighted by atomic mass is 10.1. The van der Waals surface area contributed by atoms with Gasteiger partial charge in [-0.05, 0) is 55.8 Å². The van der Waals surface area contributed by atoms with Crippen molar-refractivity contribution >= 4 is 39.2 Å². The lowest BCUT2D eigenvalue weighted by Gasteiger charge is -2.10. The Morgan fingerprint density at radius 1 is 1.11 bits per heavy atom. The molecule has 2 heterocycles. The summed E-state index contributed by atoms with van der Waals surface area (Å²) < 4.78 is 46.6. The number of aryl methyl sites for hydroxylation is 2. The van der Waals surface area contributed by atoms with Gasteiger partial charge in [-0.1, -0.05) is 29.3 Å². The Kier molecular flexibility index (Phi) is 6.60. The van der Waals surface area contributed by atoms with Gasteiger partial charge in [-0.25, -0.2) is 31.5 Å². The molecule has 0 bridgehead atoms. The molecule has 0 fully saturated rings. The fourth-order valence-electron chi connectivity index (χ4n) is 3.36. The molecule has 0 saturated carbocycles. The first-order valence-corrected chi connectivity index (χ1v) is 12.1. The van der Waals surface area contributed by atoms with E-state index in [1.807, 2.05) is 6.92 Å². The standard InChI is InChI=1S/C24H20ClFN4O4S/c1-14-4-7-18(8-5-14)35(32,33)30-13-16(10-21(30)23(31)34-3)22-15(2)12-27-24(29-22)28-20-9-6-17(25)11-19(20)26/h4-13H,1-3H3,(H,27,28,29). The monoisotopic (exact) mass is 514 g/mol. The minimum Gasteiger partial charge on any atom is -0.464 e. The van der Waals surface area contributed by atoms with Crippen LogP contribution >= 0.6 is 11.6 Å². The molecule has 0 unspecified atom stereocenters. The fraction of sp³-hybridized carbons (Fsp3) is 0.125. The molecule has 180 valence electrons. The maximum atomic E-state index is 14.2. The van der Waals surface area contributed by atoms with Crippen LogP contribution in [0.15, 0.2) is 65.8 Å². The molecule has 0 spiro atoms. The molecule has 4 rings (SSSR count). The lowest BCUT2D eigenvalue weighted by Crippen LogP contribution is -2.18. The molecule has 0 amide bonds. The average molecular weight is 515 g/mol. The second-order valence-electron chi connectivity index (χ2n) is 7.69. The topological polar surface area (TPSA) is 103 Å². The molecule has 11 heteroatoms. The van der Waals surface area contributed by atoms with Crippen LogP contribution in [0, 0.1) is 19.7 Å². The fourth-order valence-corrected chi connectivity index (χ4v) is 4.86. The molecule has 0 atom stereocenters. The Morgan fingerprint density at radius 3 is 2.49 bits per heavy atom. The Balaban J connectivity index is 1.80. The zero-order valence-electron chi connectivity index (χ0n) is 18.9. The Morgan fingerprint density at radius 2 is 1.83 bits per heavy atom. The van der Waals surface area contributed by atoms with Crippen LogP contribution < -0.4 is 5.32 Å². The van der Waals surface area contributed by atoms with Crippen molar-refractivity contribution in [1.82, 2.24) is 13.9 Å². The SMILES string of the molecule is COC(=O)c1cc(-c2nc(Nc3ccc(Cl)cc3F)ncc2C)cn1S(=O)(=O)c1ccc(C)cc1. The van der Waals surface area contributed by atoms with Crippen LogP contribution in [0.1, 0.15) is 21.6 Å². The second-order valence-corrected chi connectivity index (χ2v) is 9.95. The number of rotatable bonds is 6. The highest BCUT2D eigenvalue weighted by molar-refractivity contribution is 7.90. The predicted molar refractivity (Wildman–Crippen MR) is 130 cm³/mol. The minimum absolute atomic E-state index is 0.00961. The van der Waals surface area contributed by atoms with Gasteiger partial charge in [0.2, 0.25) is 5.95 Å². The quantitative estimate of drug-likeness (QED) is 0.356. The van der Waals surface area contributed by atoms with E-state index >= 15 is 0 Å². The number of benzene rings is 2. The van der Waals surface area contributed by atoms with Crippen molar-refractivity contribution in [1.29, 1.82) is 0 Å². The summed E-state index contributed by atoms with van der Waals surface area (Å²) in [4.78, 5) is 21.1. The molecule has 8 nitrogen and oxygen atoms in total. The van der Waals surface area contributed by atoms with Gasteiger partial charge in [0.1, 0.15) is 11.5 Å². The minimum atomic E-state index is -4.12. The first-order valence-electron chi connectivity index (χ1n) is 10.3. The molecule has 35 heavy (non-hydrogen) atoms. The number of nitrogens with one attached hydrogen (secondary N) is 1. The van der Waals surface area contributed by atoms with Gasteiger partial charge in [0.05, 0.1) is 23.4 Å². The number of carbonyl (C=O) groups is 1. The first kappa shape index (κ1) is 24.4. The molecule has 1 N–H and O–H groups in total. The van der Waals surface area contributed by atoms with Gasteiger partial charge in [0.25, 0.3) is 10.0 Å². The van der Waals surface area contributed by atoms with Crippen LogP contribution in [0.4, 0.5) is 16.0 Å². The average Bonchev–Trinajstić information content (AvgIpc) is 3.28. The molecular weight excluding hydrogens is 495 g/mol. The number of halogens is 2. The summed E-state index contributed by atoms with van der Waals surface area (Å²) in [6.45, 7) is 3.56. The Bertz CT molecular complexity index is 1540. The second kappa shape index (κ2) is 9.47. The largest absolute Gasteiger partial charge is 0.464 e. The van der Waals surface area contributed by atoms with Crippen LogP contribution in [0.2, 0.25) is 5.02 Å². The molecule has 0 saturated heterocycles. The van der Waals surface area contributed by atoms with E-state index in [-0.39, 0.29) is 27.2 Å². The summed E-state index contributed by atoms with van der Waals surface area (Å²) in [7, 11) is -2.95. The predicted octanol–water partition coefficient (Wildman–Crippen LogP) is 5.12. The maximum absolute atomic E-state index is 14.2. The number of hydrogen-bond donors (Lipinski definition) is 1. The summed E-state index contributed by atoms with van der Waals surface area (Å²) in [6.07, 6.45) is 2.80. The van der Waals surface area contributed by atoms with Crippen LogP contribution in [-0.2, 0) is 14.8 Å². The van der Waals surface area contributed by atoms with E-state index in [1.165, 1.54) is 42.7 Å². The van der Waals surface area contributed by atoms with Gasteiger partial charge in [-0.15, -0.1) is 0 Å². The normalized spacial score (nSPS) is 11.3. The Hall–Kier alpha value is -3.76. The number of hydrogen-bond acceptors (Lipinski definition) is 7. The summed E-state index contributed by atoms with van der Waals surface area (Å²) in [5, 5.41) is 3.02. The molecule has 0 aliphatic heterocycles. The van der Waals surface area contributed by atoms with Crippen molar-refractivity contribution < 1.29 is 22.3 Å². The molecule has 4 aromatic rings. The van der Waals surface area contributed by atoms with E-state index < -0.39 is 21.8 Å². The van der Waals surface area contributed by atoms with E-state index in [0.717, 1.165) is 22.7 Å². The summed E-state index contributed by atoms with van der Waals surface area (Å²) in [6, 6.07) is 11.7. The highest BCUT2D eigenvalue weighted by Crippen LogP contribution is 2.29. The molecule has 0 radical (unpaired) electrons. The van der Waals surface area contributed by atoms with Crippen molar-refractivity contribution in [2.75, 3.05) is 12.4 Å². The smallest absolute Gasteiger partial charge is 0.355 e. The number of ether oxygens (including phenoxy) is 1. The third-order valence-corrected chi connectivity index (χ3v) is 7.10. The van der Waals surface area contributed by atoms with E-state index in [1.54, 1.807) is 19.1 Å². The van der Waals surface area contributed by atoms with Crippen molar-refractivity contribution in [2.24, 2.45) is 0 Å². The van der Waals surface area contributed by atoms with Crippen LogP contribution in [0.5, 0.6) is 0 Å². The van der Waals surface area contributed by atoms with E-state index in [4.69, 9.17) is 16.3 Å². The van der Waals surface area contributed by atoms with Crippen molar-refractivity contribution in [3.8, 4) is 11.3 Å². The van der Waals surface area contributed by atoms with Gasteiger partial charge in [-0.2, -0.15) is 0 Å². The molecular formula is C24H20ClFN4O4S. The molecule has 0 aliphatic carbocycles. The van der Waals surface area contributed by atoms with Gasteiger partial charge in [0.15, 0.2) is 0 Å². The highest BCUT2D eigenvalue weighted by Gasteiger charge is 2.26. The van der Waals surface area contributed by atoms with Gasteiger partial charge in [-0.3, -0.25) is 0 Å². The third kappa shape index (κ3) is 4.89. The van der Waals surface area contributed by atoms with Gasteiger partial charge < -0.3 is 10.1 Å². The van der Waals surface area contributed by atoms with Crippen LogP contribution in [-0.4, -0.2) is 35.4 Å². The van der Waals surface area contributed by atoms with Crippen LogP contribution in [0.3, 0.4) is 0 Å². The number of carbonyl (C=O) groups excluding carboxylic acids is 1. The van der Waals surface area contributed by atoms with Crippen molar-refractivity contribution in [3.05, 3.63) is 88.6 Å². The van der Waals surface area contributed by atoms with E-state index in [2.05, 4.69) is 15.3 Å². The third-order valence-electron chi connectivity index (χ3n) is 5.18. The lowest BCUT2D eigenvalue weighted by molar-refractivity contribution is 0.0593. The summed E-state index contributed by atoms with van der Waals surface area (Å²) in [5.41, 5.74) is 2.09. The van der Waals surface area contributed by atoms with E-state index in [9.17, 15) is 17.6 Å². The number of methoxy groups -OCH3 is 1. The molecule has 0 aliphatic rings. The molecule has 2 aromatic heterocycles. The van der Waals surface area contributed by atoms with Crippen molar-refractivity contribution in [2.45, 2.75) is 18.7 Å². The number of anilines is 2. The first-order chi connectivity index (χ1) is 16.6. The summed E-state index contributed by atoms with van der Waals surface area (Å²) >= 11 is 5.80. The number of nitrogens with zero attached hydrogens (tertiary/aromatic N) is 3. The van der Waals surface area contributed by atoms with E-state index in [0.29, 0.717) is 16.8 Å². The Labute approximate surface area is 206 Å². The molecule has 2 aromatic carbocycles. The van der Waals surface area contributed by atoms with Crippen LogP contribution in [0.25, 0.3) is 11.3 Å². The number of esters is 1. The highest BCUT2D eigenvalue weighted by atomic mass is 35.5. The number of aromatic nitrogens is 3. The zero-order chi connectivity index (χ0) is 25.3. The maximum Gasteiger partial charge on any atom is 0.355 e. The van der Waals surface area contributed by atoms with Gasteiger partial charge >= 0.3 is 5.97 Å². The van der Waals surface area contributed by atoms with Crippen molar-refractivity contribution in [3.63, 3.8) is 0 Å². The van der Waals surface area contributed by atoms with Gasteiger partial charge in [0, 0.05) is 23.0 Å². The zero-order valence-corrected chi connectivity index (χ0v) is 20.5.